The van der Waals surface area contributed by atoms with Crippen LogP contribution in [0.3, 0.4) is 0 Å². The second-order valence-electron chi connectivity index (χ2n) is 4.95. The summed E-state index contributed by atoms with van der Waals surface area (Å²) in [6.45, 7) is 16.8. The first kappa shape index (κ1) is 18.1. The predicted molar refractivity (Wildman–Crippen MR) is 89.5 cm³/mol. The topological polar surface area (TPSA) is 9.23 Å². The van der Waals surface area contributed by atoms with Gasteiger partial charge in [-0.3, -0.25) is 0 Å². The Balaban J connectivity index is 0.00000154. The van der Waals surface area contributed by atoms with E-state index in [2.05, 4.69) is 40.3 Å². The average Bonchev–Trinajstić information content (AvgIpc) is 2.39. The number of ether oxygens (including phenoxy) is 1. The van der Waals surface area contributed by atoms with Crippen LogP contribution in [0, 0.1) is 0 Å². The van der Waals surface area contributed by atoms with E-state index in [0.29, 0.717) is 0 Å². The minimum atomic E-state index is 0.140. The molecule has 0 unspecified atom stereocenters. The van der Waals surface area contributed by atoms with E-state index in [0.717, 1.165) is 17.1 Å². The molecule has 0 saturated heterocycles. The Kier molecular flexibility index (Phi) is 7.93. The molecule has 0 spiro atoms. The number of hydrogen-bond acceptors (Lipinski definition) is 2. The first-order chi connectivity index (χ1) is 8.95. The van der Waals surface area contributed by atoms with Crippen LogP contribution in [0.25, 0.3) is 6.08 Å². The molecule has 0 aliphatic rings. The second-order valence-corrected chi connectivity index (χ2v) is 6.22. The molecule has 108 valence electrons. The zero-order valence-corrected chi connectivity index (χ0v) is 14.3. The Labute approximate surface area is 123 Å². The number of rotatable bonds is 4. The molecule has 0 aliphatic heterocycles. The van der Waals surface area contributed by atoms with Crippen LogP contribution >= 0.6 is 11.8 Å². The third-order valence-electron chi connectivity index (χ3n) is 2.68. The van der Waals surface area contributed by atoms with Crippen LogP contribution in [0.15, 0.2) is 23.6 Å². The Morgan fingerprint density at radius 2 is 1.84 bits per heavy atom. The summed E-state index contributed by atoms with van der Waals surface area (Å²) in [6, 6.07) is 4.21. The number of hydrogen-bond donors (Lipinski definition) is 0. The van der Waals surface area contributed by atoms with Gasteiger partial charge >= 0.3 is 0 Å². The summed E-state index contributed by atoms with van der Waals surface area (Å²) in [5.74, 6) is 1.96. The first-order valence-electron chi connectivity index (χ1n) is 6.92. The zero-order valence-electron chi connectivity index (χ0n) is 13.5. The molecule has 0 saturated carbocycles. The normalized spacial score (nSPS) is 10.5. The van der Waals surface area contributed by atoms with Crippen molar-refractivity contribution in [3.8, 4) is 5.75 Å². The van der Waals surface area contributed by atoms with Crippen molar-refractivity contribution >= 4 is 17.8 Å². The quantitative estimate of drug-likeness (QED) is 0.647. The largest absolute Gasteiger partial charge is 0.496 e. The molecule has 0 heterocycles. The molecule has 1 aromatic rings. The fraction of sp³-hybridized carbons (Fsp3) is 0.529. The molecule has 0 amide bonds. The van der Waals surface area contributed by atoms with Crippen molar-refractivity contribution in [1.29, 1.82) is 0 Å². The highest BCUT2D eigenvalue weighted by Gasteiger charge is 2.21. The minimum absolute atomic E-state index is 0.140. The van der Waals surface area contributed by atoms with Gasteiger partial charge in [0.15, 0.2) is 0 Å². The molecule has 0 radical (unpaired) electrons. The Bertz CT molecular complexity index is 402. The second kappa shape index (κ2) is 8.31. The molecule has 0 atom stereocenters. The van der Waals surface area contributed by atoms with Crippen molar-refractivity contribution in [2.24, 2.45) is 0 Å². The highest BCUT2D eigenvalue weighted by atomic mass is 32.2. The first-order valence-corrected chi connectivity index (χ1v) is 7.91. The lowest BCUT2D eigenvalue weighted by molar-refractivity contribution is 0.411. The maximum absolute atomic E-state index is 5.41. The van der Waals surface area contributed by atoms with E-state index in [-0.39, 0.29) is 5.41 Å². The fourth-order valence-corrected chi connectivity index (χ4v) is 3.00. The standard InChI is InChI=1S/C15H22OS.C2H6/c1-7-11-13(16-6)10-9-12(15(3,4)5)14(11)17-8-2;1-2/h7,9-10H,1,8H2,2-6H3;1-2H3. The van der Waals surface area contributed by atoms with Crippen molar-refractivity contribution in [2.45, 2.75) is 51.9 Å². The molecule has 1 aromatic carbocycles. The highest BCUT2D eigenvalue weighted by Crippen LogP contribution is 2.39. The van der Waals surface area contributed by atoms with Crippen LogP contribution < -0.4 is 4.74 Å². The molecule has 1 nitrogen and oxygen atoms in total. The van der Waals surface area contributed by atoms with Gasteiger partial charge in [0.25, 0.3) is 0 Å². The molecule has 0 aromatic heterocycles. The summed E-state index contributed by atoms with van der Waals surface area (Å²) < 4.78 is 5.41. The molecule has 0 bridgehead atoms. The van der Waals surface area contributed by atoms with Crippen molar-refractivity contribution in [3.05, 3.63) is 29.8 Å². The molecular weight excluding hydrogens is 252 g/mol. The van der Waals surface area contributed by atoms with Crippen molar-refractivity contribution < 1.29 is 4.74 Å². The van der Waals surface area contributed by atoms with Gasteiger partial charge in [-0.25, -0.2) is 0 Å². The summed E-state index contributed by atoms with van der Waals surface area (Å²) in [5, 5.41) is 0. The molecule has 0 aliphatic carbocycles. The zero-order chi connectivity index (χ0) is 15.1. The third kappa shape index (κ3) is 4.61. The Morgan fingerprint density at radius 1 is 1.26 bits per heavy atom. The van der Waals surface area contributed by atoms with Crippen molar-refractivity contribution in [2.75, 3.05) is 12.9 Å². The maximum atomic E-state index is 5.41. The molecule has 1 rings (SSSR count). The Hall–Kier alpha value is -0.890. The molecular formula is C17H28OS. The van der Waals surface area contributed by atoms with Gasteiger partial charge in [0.1, 0.15) is 5.75 Å². The lowest BCUT2D eigenvalue weighted by Crippen LogP contribution is -2.13. The summed E-state index contributed by atoms with van der Waals surface area (Å²) >= 11 is 1.86. The summed E-state index contributed by atoms with van der Waals surface area (Å²) in [4.78, 5) is 1.30. The minimum Gasteiger partial charge on any atom is -0.496 e. The van der Waals surface area contributed by atoms with E-state index < -0.39 is 0 Å². The number of thioether (sulfide) groups is 1. The third-order valence-corrected chi connectivity index (χ3v) is 3.69. The van der Waals surface area contributed by atoms with Gasteiger partial charge in [-0.15, -0.1) is 11.8 Å². The Morgan fingerprint density at radius 3 is 2.21 bits per heavy atom. The van der Waals surface area contributed by atoms with E-state index in [1.54, 1.807) is 7.11 Å². The van der Waals surface area contributed by atoms with Crippen LogP contribution in [-0.2, 0) is 5.41 Å². The van der Waals surface area contributed by atoms with Gasteiger partial charge in [-0.05, 0) is 22.8 Å². The highest BCUT2D eigenvalue weighted by molar-refractivity contribution is 7.99. The average molecular weight is 280 g/mol. The van der Waals surface area contributed by atoms with E-state index in [4.69, 9.17) is 4.74 Å². The van der Waals surface area contributed by atoms with Gasteiger partial charge in [-0.2, -0.15) is 0 Å². The number of benzene rings is 1. The van der Waals surface area contributed by atoms with Gasteiger partial charge in [0.05, 0.1) is 7.11 Å². The predicted octanol–water partition coefficient (Wildman–Crippen LogP) is 5.77. The molecule has 0 fully saturated rings. The van der Waals surface area contributed by atoms with Crippen LogP contribution in [0.2, 0.25) is 0 Å². The van der Waals surface area contributed by atoms with Crippen molar-refractivity contribution in [3.63, 3.8) is 0 Å². The lowest BCUT2D eigenvalue weighted by Gasteiger charge is -2.25. The van der Waals surface area contributed by atoms with Crippen LogP contribution in [0.1, 0.15) is 52.7 Å². The van der Waals surface area contributed by atoms with Crippen LogP contribution in [0.5, 0.6) is 5.75 Å². The van der Waals surface area contributed by atoms with Gasteiger partial charge in [0, 0.05) is 10.5 Å². The summed E-state index contributed by atoms with van der Waals surface area (Å²) in [7, 11) is 1.71. The summed E-state index contributed by atoms with van der Waals surface area (Å²) in [6.07, 6.45) is 1.89. The maximum Gasteiger partial charge on any atom is 0.127 e. The monoisotopic (exact) mass is 280 g/mol. The van der Waals surface area contributed by atoms with E-state index >= 15 is 0 Å². The summed E-state index contributed by atoms with van der Waals surface area (Å²) in [5.41, 5.74) is 2.62. The van der Waals surface area contributed by atoms with E-state index in [1.807, 2.05) is 37.8 Å². The van der Waals surface area contributed by atoms with E-state index in [9.17, 15) is 0 Å². The van der Waals surface area contributed by atoms with Crippen LogP contribution in [0.4, 0.5) is 0 Å². The number of methoxy groups -OCH3 is 1. The van der Waals surface area contributed by atoms with E-state index in [1.165, 1.54) is 10.5 Å². The lowest BCUT2D eigenvalue weighted by atomic mass is 9.86. The molecule has 0 N–H and O–H groups in total. The van der Waals surface area contributed by atoms with Gasteiger partial charge in [0.2, 0.25) is 0 Å². The van der Waals surface area contributed by atoms with Crippen molar-refractivity contribution in [1.82, 2.24) is 0 Å². The molecule has 19 heavy (non-hydrogen) atoms. The smallest absolute Gasteiger partial charge is 0.127 e. The van der Waals surface area contributed by atoms with Gasteiger partial charge < -0.3 is 4.74 Å². The SMILES string of the molecule is C=Cc1c(OC)ccc(C(C)(C)C)c1SCC.CC. The van der Waals surface area contributed by atoms with Crippen LogP contribution in [-0.4, -0.2) is 12.9 Å². The fourth-order valence-electron chi connectivity index (χ4n) is 1.84. The molecule has 2 heteroatoms. The van der Waals surface area contributed by atoms with Gasteiger partial charge in [-0.1, -0.05) is 60.3 Å².